The highest BCUT2D eigenvalue weighted by molar-refractivity contribution is 5.80. The topological polar surface area (TPSA) is 54.6 Å². The van der Waals surface area contributed by atoms with E-state index in [-0.39, 0.29) is 0 Å². The van der Waals surface area contributed by atoms with Gasteiger partial charge in [-0.15, -0.1) is 0 Å². The number of nitrogens with zero attached hydrogens (tertiary/aromatic N) is 2. The summed E-state index contributed by atoms with van der Waals surface area (Å²) in [6.45, 7) is 8.48. The number of fused-ring (bicyclic) bond motifs is 1. The van der Waals surface area contributed by atoms with Gasteiger partial charge in [-0.2, -0.15) is 0 Å². The van der Waals surface area contributed by atoms with E-state index in [4.69, 9.17) is 9.47 Å². The van der Waals surface area contributed by atoms with E-state index in [1.54, 1.807) is 7.11 Å². The summed E-state index contributed by atoms with van der Waals surface area (Å²) in [7, 11) is 1.70. The minimum Gasteiger partial charge on any atom is -0.497 e. The smallest absolute Gasteiger partial charge is 0.269 e. The van der Waals surface area contributed by atoms with Crippen LogP contribution in [0.1, 0.15) is 25.8 Å². The maximum Gasteiger partial charge on any atom is 0.269 e. The van der Waals surface area contributed by atoms with Crippen LogP contribution in [0.3, 0.4) is 0 Å². The van der Waals surface area contributed by atoms with Gasteiger partial charge < -0.3 is 19.4 Å². The van der Waals surface area contributed by atoms with Crippen molar-refractivity contribution in [2.24, 2.45) is 0 Å². The van der Waals surface area contributed by atoms with Gasteiger partial charge in [0.05, 0.1) is 46.3 Å². The van der Waals surface area contributed by atoms with E-state index in [0.29, 0.717) is 0 Å². The second-order valence-corrected chi connectivity index (χ2v) is 10.1. The van der Waals surface area contributed by atoms with Gasteiger partial charge in [0, 0.05) is 29.1 Å². The highest BCUT2D eigenvalue weighted by Gasteiger charge is 2.56. The zero-order valence-electron chi connectivity index (χ0n) is 21.5. The fourth-order valence-corrected chi connectivity index (χ4v) is 5.91. The van der Waals surface area contributed by atoms with Crippen LogP contribution in [-0.4, -0.2) is 66.3 Å². The number of rotatable bonds is 8. The summed E-state index contributed by atoms with van der Waals surface area (Å²) in [6.07, 6.45) is 9.14. The minimum atomic E-state index is -0.537. The second-order valence-electron chi connectivity index (χ2n) is 10.1. The van der Waals surface area contributed by atoms with Crippen molar-refractivity contribution in [1.29, 1.82) is 0 Å². The van der Waals surface area contributed by atoms with Gasteiger partial charge in [0.25, 0.3) is 5.72 Å². The van der Waals surface area contributed by atoms with E-state index in [1.807, 2.05) is 23.2 Å². The molecule has 1 atom stereocenters. The first-order valence-corrected chi connectivity index (χ1v) is 12.8. The summed E-state index contributed by atoms with van der Waals surface area (Å²) in [6, 6.07) is 16.7. The Morgan fingerprint density at radius 1 is 1.06 bits per heavy atom. The van der Waals surface area contributed by atoms with E-state index in [0.717, 1.165) is 78.9 Å². The molecule has 6 nitrogen and oxygen atoms in total. The standard InChI is InChI=1S/C30H36N3O3/c1-23-5-4-14-30(24(23)2,36-28-10-11-29-26(21-28)12-15-31-29)33(19-16-32(22-34)17-20-33)18-13-25-6-8-27(35-3)9-7-25/h4-12,15,21-22,31H,13-14,16-20H2,1-3H3/q+1. The second kappa shape index (κ2) is 9.86. The third kappa shape index (κ3) is 4.30. The number of carbonyl (C=O) groups is 1. The molecule has 0 spiro atoms. The zero-order chi connectivity index (χ0) is 25.2. The highest BCUT2D eigenvalue weighted by atomic mass is 16.5. The molecule has 188 valence electrons. The molecular formula is C30H36N3O3+. The van der Waals surface area contributed by atoms with Crippen LogP contribution in [0.4, 0.5) is 0 Å². The molecule has 5 rings (SSSR count). The molecule has 1 aliphatic heterocycles. The molecule has 0 bridgehead atoms. The number of carbonyl (C=O) groups excluding carboxylic acids is 1. The first-order valence-electron chi connectivity index (χ1n) is 12.8. The molecule has 1 aliphatic carbocycles. The van der Waals surface area contributed by atoms with Crippen LogP contribution >= 0.6 is 0 Å². The Morgan fingerprint density at radius 3 is 2.53 bits per heavy atom. The minimum absolute atomic E-state index is 0.537. The maximum absolute atomic E-state index is 11.6. The fourth-order valence-electron chi connectivity index (χ4n) is 5.91. The number of amides is 1. The number of aromatic nitrogens is 1. The molecule has 1 saturated heterocycles. The van der Waals surface area contributed by atoms with Gasteiger partial charge in [-0.05, 0) is 61.4 Å². The Hall–Kier alpha value is -3.51. The number of quaternary nitrogens is 1. The molecule has 2 heterocycles. The molecule has 0 saturated carbocycles. The molecular weight excluding hydrogens is 450 g/mol. The van der Waals surface area contributed by atoms with Gasteiger partial charge >= 0.3 is 0 Å². The highest BCUT2D eigenvalue weighted by Crippen LogP contribution is 2.43. The number of methoxy groups -OCH3 is 1. The summed E-state index contributed by atoms with van der Waals surface area (Å²) >= 11 is 0. The largest absolute Gasteiger partial charge is 0.497 e. The predicted octanol–water partition coefficient (Wildman–Crippen LogP) is 5.08. The van der Waals surface area contributed by atoms with Crippen molar-refractivity contribution in [2.45, 2.75) is 32.4 Å². The summed E-state index contributed by atoms with van der Waals surface area (Å²) < 4.78 is 13.3. The first-order chi connectivity index (χ1) is 17.5. The van der Waals surface area contributed by atoms with Gasteiger partial charge in [0.15, 0.2) is 0 Å². The van der Waals surface area contributed by atoms with Gasteiger partial charge in [-0.1, -0.05) is 24.3 Å². The van der Waals surface area contributed by atoms with Crippen LogP contribution in [0, 0.1) is 0 Å². The number of hydrogen-bond donors (Lipinski definition) is 1. The lowest BCUT2D eigenvalue weighted by molar-refractivity contribution is -0.992. The van der Waals surface area contributed by atoms with E-state index in [9.17, 15) is 4.79 Å². The van der Waals surface area contributed by atoms with Crippen LogP contribution in [0.25, 0.3) is 10.9 Å². The van der Waals surface area contributed by atoms with Crippen molar-refractivity contribution >= 4 is 17.3 Å². The molecule has 1 unspecified atom stereocenters. The number of allylic oxidation sites excluding steroid dienone is 2. The van der Waals surface area contributed by atoms with Gasteiger partial charge in [0.1, 0.15) is 11.5 Å². The SMILES string of the molecule is COc1ccc(CC[N+]2(C3(Oc4ccc5[nH]ccc5c4)CC=CC(C)=C3C)CCN(C=O)CC2)cc1. The summed E-state index contributed by atoms with van der Waals surface area (Å²) in [4.78, 5) is 16.8. The van der Waals surface area contributed by atoms with Crippen molar-refractivity contribution in [2.75, 3.05) is 39.8 Å². The molecule has 3 aromatic rings. The average molecular weight is 487 g/mol. The fraction of sp³-hybridized carbons (Fsp3) is 0.367. The lowest BCUT2D eigenvalue weighted by Gasteiger charge is -2.56. The Balaban J connectivity index is 1.55. The lowest BCUT2D eigenvalue weighted by Crippen LogP contribution is -2.73. The number of H-pyrrole nitrogens is 1. The average Bonchev–Trinajstić information content (AvgIpc) is 3.39. The quantitative estimate of drug-likeness (QED) is 0.357. The molecule has 1 amide bonds. The van der Waals surface area contributed by atoms with Crippen molar-refractivity contribution in [3.05, 3.63) is 83.6 Å². The van der Waals surface area contributed by atoms with E-state index in [2.05, 4.69) is 67.4 Å². The number of aromatic amines is 1. The predicted molar refractivity (Wildman–Crippen MR) is 143 cm³/mol. The Morgan fingerprint density at radius 2 is 1.81 bits per heavy atom. The Kier molecular flexibility index (Phi) is 6.63. The molecule has 2 aliphatic rings. The third-order valence-corrected chi connectivity index (χ3v) is 8.28. The molecule has 1 fully saturated rings. The van der Waals surface area contributed by atoms with E-state index in [1.165, 1.54) is 16.7 Å². The van der Waals surface area contributed by atoms with Crippen molar-refractivity contribution < 1.29 is 18.8 Å². The van der Waals surface area contributed by atoms with E-state index >= 15 is 0 Å². The summed E-state index contributed by atoms with van der Waals surface area (Å²) in [5, 5.41) is 1.14. The van der Waals surface area contributed by atoms with Gasteiger partial charge in [-0.3, -0.25) is 9.28 Å². The summed E-state index contributed by atoms with van der Waals surface area (Å²) in [5.41, 5.74) is 4.37. The van der Waals surface area contributed by atoms with Crippen LogP contribution < -0.4 is 9.47 Å². The first kappa shape index (κ1) is 24.2. The summed E-state index contributed by atoms with van der Waals surface area (Å²) in [5.74, 6) is 1.75. The number of benzene rings is 2. The maximum atomic E-state index is 11.6. The molecule has 1 aromatic heterocycles. The number of nitrogens with one attached hydrogen (secondary N) is 1. The number of piperazine rings is 1. The normalized spacial score (nSPS) is 21.6. The van der Waals surface area contributed by atoms with Crippen molar-refractivity contribution in [3.63, 3.8) is 0 Å². The van der Waals surface area contributed by atoms with Crippen LogP contribution in [-0.2, 0) is 11.2 Å². The Bertz CT molecular complexity index is 1280. The van der Waals surface area contributed by atoms with Gasteiger partial charge in [0.2, 0.25) is 6.41 Å². The third-order valence-electron chi connectivity index (χ3n) is 8.28. The molecule has 6 heteroatoms. The Labute approximate surface area is 213 Å². The number of hydrogen-bond acceptors (Lipinski definition) is 3. The van der Waals surface area contributed by atoms with Gasteiger partial charge in [-0.25, -0.2) is 0 Å². The number of ether oxygens (including phenoxy) is 2. The molecule has 1 N–H and O–H groups in total. The lowest BCUT2D eigenvalue weighted by atomic mass is 9.85. The van der Waals surface area contributed by atoms with Crippen molar-refractivity contribution in [3.8, 4) is 11.5 Å². The molecule has 36 heavy (non-hydrogen) atoms. The zero-order valence-corrected chi connectivity index (χ0v) is 21.5. The molecule has 2 aromatic carbocycles. The van der Waals surface area contributed by atoms with Crippen molar-refractivity contribution in [1.82, 2.24) is 9.88 Å². The van der Waals surface area contributed by atoms with Crippen LogP contribution in [0.5, 0.6) is 11.5 Å². The monoisotopic (exact) mass is 486 g/mol. The van der Waals surface area contributed by atoms with E-state index < -0.39 is 5.72 Å². The van der Waals surface area contributed by atoms with Crippen LogP contribution in [0.2, 0.25) is 0 Å². The van der Waals surface area contributed by atoms with Crippen LogP contribution in [0.15, 0.2) is 78.0 Å². The molecule has 0 radical (unpaired) electrons.